The molecule has 4 nitrogen and oxygen atoms in total. The molecule has 1 aliphatic carbocycles. The number of benzene rings is 2. The molecule has 182 valence electrons. The van der Waals surface area contributed by atoms with Gasteiger partial charge in [0, 0.05) is 17.7 Å². The van der Waals surface area contributed by atoms with Crippen LogP contribution in [0.2, 0.25) is 0 Å². The van der Waals surface area contributed by atoms with Gasteiger partial charge in [-0.1, -0.05) is 70.2 Å². The molecular weight excluding hydrogens is 430 g/mol. The Bertz CT molecular complexity index is 803. The molecule has 0 amide bonds. The second kappa shape index (κ2) is 16.5. The van der Waals surface area contributed by atoms with E-state index < -0.39 is 0 Å². The Kier molecular flexibility index (Phi) is 14.5. The molecule has 1 aliphatic rings. The molecule has 2 aromatic carbocycles. The minimum Gasteiger partial charge on any atom is -0.427 e. The molecule has 1 fully saturated rings. The first-order chi connectivity index (χ1) is 16.0. The van der Waals surface area contributed by atoms with Crippen molar-refractivity contribution in [3.05, 3.63) is 48.5 Å². The lowest BCUT2D eigenvalue weighted by atomic mass is 9.72. The van der Waals surface area contributed by atoms with E-state index in [4.69, 9.17) is 4.74 Å². The first-order valence-corrected chi connectivity index (χ1v) is 13.2. The van der Waals surface area contributed by atoms with Gasteiger partial charge >= 0.3 is 5.97 Å². The van der Waals surface area contributed by atoms with Crippen molar-refractivity contribution in [2.45, 2.75) is 64.2 Å². The van der Waals surface area contributed by atoms with Gasteiger partial charge in [0.1, 0.15) is 12.0 Å². The van der Waals surface area contributed by atoms with Crippen LogP contribution in [0, 0.1) is 17.8 Å². The summed E-state index contributed by atoms with van der Waals surface area (Å²) in [5.74, 6) is 2.08. The SMILES string of the molecule is CCCC1CCCCC1C(C)C=O.CN.CSc1ccc(-c2ccc(OC(C)=O)cc2)cc1. The number of esters is 1. The van der Waals surface area contributed by atoms with Gasteiger partial charge in [-0.2, -0.15) is 0 Å². The van der Waals surface area contributed by atoms with Crippen LogP contribution in [-0.4, -0.2) is 25.6 Å². The number of rotatable bonds is 7. The van der Waals surface area contributed by atoms with E-state index in [2.05, 4.69) is 50.1 Å². The smallest absolute Gasteiger partial charge is 0.308 e. The number of hydrogen-bond acceptors (Lipinski definition) is 5. The van der Waals surface area contributed by atoms with Crippen LogP contribution in [0.3, 0.4) is 0 Å². The molecule has 0 heterocycles. The second-order valence-electron chi connectivity index (χ2n) is 8.34. The Morgan fingerprint density at radius 1 is 1.06 bits per heavy atom. The Hall–Kier alpha value is -2.11. The Balaban J connectivity index is 0.000000322. The maximum absolute atomic E-state index is 10.8. The van der Waals surface area contributed by atoms with Gasteiger partial charge in [0.2, 0.25) is 0 Å². The van der Waals surface area contributed by atoms with Crippen LogP contribution in [0.25, 0.3) is 11.1 Å². The lowest BCUT2D eigenvalue weighted by Gasteiger charge is -2.33. The number of thioether (sulfide) groups is 1. The van der Waals surface area contributed by atoms with E-state index in [1.807, 2.05) is 12.1 Å². The number of aldehydes is 1. The van der Waals surface area contributed by atoms with Crippen LogP contribution in [0.4, 0.5) is 0 Å². The number of carbonyl (C=O) groups is 2. The minimum absolute atomic E-state index is 0.289. The van der Waals surface area contributed by atoms with Crippen molar-refractivity contribution in [3.8, 4) is 16.9 Å². The van der Waals surface area contributed by atoms with Crippen LogP contribution in [0.5, 0.6) is 5.75 Å². The largest absolute Gasteiger partial charge is 0.427 e. The molecule has 0 spiro atoms. The normalized spacial score (nSPS) is 18.0. The Morgan fingerprint density at radius 3 is 2.09 bits per heavy atom. The third kappa shape index (κ3) is 10.1. The van der Waals surface area contributed by atoms with Gasteiger partial charge in [0.15, 0.2) is 0 Å². The highest BCUT2D eigenvalue weighted by Gasteiger charge is 2.28. The predicted molar refractivity (Wildman–Crippen MR) is 141 cm³/mol. The summed E-state index contributed by atoms with van der Waals surface area (Å²) >= 11 is 1.72. The third-order valence-electron chi connectivity index (χ3n) is 6.06. The lowest BCUT2D eigenvalue weighted by Crippen LogP contribution is -2.26. The maximum atomic E-state index is 10.8. The fourth-order valence-corrected chi connectivity index (χ4v) is 4.83. The molecule has 0 bridgehead atoms. The summed E-state index contributed by atoms with van der Waals surface area (Å²) in [7, 11) is 1.50. The van der Waals surface area contributed by atoms with Crippen LogP contribution >= 0.6 is 11.8 Å². The van der Waals surface area contributed by atoms with Crippen molar-refractivity contribution in [3.63, 3.8) is 0 Å². The first kappa shape index (κ1) is 28.9. The standard InChI is InChI=1S/C15H14O2S.C12H22O.CH5N/c1-11(16)17-14-7-3-12(4-8-14)13-5-9-15(18-2)10-6-13;1-3-6-11-7-4-5-8-12(11)10(2)9-13;1-2/h3-10H,1-2H3;9-12H,3-8H2,1-2H3;2H2,1H3. The summed E-state index contributed by atoms with van der Waals surface area (Å²) < 4.78 is 5.00. The predicted octanol–water partition coefficient (Wildman–Crippen LogP) is 7.00. The molecule has 33 heavy (non-hydrogen) atoms. The zero-order valence-electron chi connectivity index (χ0n) is 20.9. The number of nitrogens with two attached hydrogens (primary N) is 1. The molecule has 1 saturated carbocycles. The monoisotopic (exact) mass is 471 g/mol. The van der Waals surface area contributed by atoms with Gasteiger partial charge in [-0.05, 0) is 67.0 Å². The maximum Gasteiger partial charge on any atom is 0.308 e. The van der Waals surface area contributed by atoms with Gasteiger partial charge in [0.05, 0.1) is 0 Å². The fraction of sp³-hybridized carbons (Fsp3) is 0.500. The van der Waals surface area contributed by atoms with Gasteiger partial charge in [0.25, 0.3) is 0 Å². The highest BCUT2D eigenvalue weighted by atomic mass is 32.2. The van der Waals surface area contributed by atoms with Crippen LogP contribution in [0.1, 0.15) is 59.3 Å². The summed E-state index contributed by atoms with van der Waals surface area (Å²) in [5.41, 5.74) is 6.76. The number of ether oxygens (including phenoxy) is 1. The first-order valence-electron chi connectivity index (χ1n) is 11.9. The molecule has 0 aromatic heterocycles. The van der Waals surface area contributed by atoms with Crippen molar-refractivity contribution < 1.29 is 14.3 Å². The average molecular weight is 472 g/mol. The minimum atomic E-state index is -0.299. The summed E-state index contributed by atoms with van der Waals surface area (Å²) in [5, 5.41) is 0. The molecule has 2 N–H and O–H groups in total. The highest BCUT2D eigenvalue weighted by Crippen LogP contribution is 2.37. The van der Waals surface area contributed by atoms with Gasteiger partial charge in [-0.15, -0.1) is 11.8 Å². The van der Waals surface area contributed by atoms with E-state index in [0.29, 0.717) is 11.7 Å². The summed E-state index contributed by atoms with van der Waals surface area (Å²) in [6, 6.07) is 15.9. The molecule has 3 rings (SSSR count). The molecule has 0 radical (unpaired) electrons. The zero-order chi connectivity index (χ0) is 24.6. The van der Waals surface area contributed by atoms with E-state index in [1.54, 1.807) is 23.9 Å². The molecule has 0 aliphatic heterocycles. The third-order valence-corrected chi connectivity index (χ3v) is 6.80. The van der Waals surface area contributed by atoms with E-state index >= 15 is 0 Å². The summed E-state index contributed by atoms with van der Waals surface area (Å²) in [6.07, 6.45) is 11.2. The van der Waals surface area contributed by atoms with Crippen LogP contribution in [-0.2, 0) is 9.59 Å². The van der Waals surface area contributed by atoms with Gasteiger partial charge < -0.3 is 15.3 Å². The fourth-order valence-electron chi connectivity index (χ4n) is 4.42. The Morgan fingerprint density at radius 2 is 1.61 bits per heavy atom. The van der Waals surface area contributed by atoms with E-state index in [-0.39, 0.29) is 11.9 Å². The van der Waals surface area contributed by atoms with Crippen molar-refractivity contribution >= 4 is 24.0 Å². The summed E-state index contributed by atoms with van der Waals surface area (Å²) in [4.78, 5) is 22.8. The van der Waals surface area contributed by atoms with Gasteiger partial charge in [-0.25, -0.2) is 0 Å². The molecule has 0 saturated heterocycles. The average Bonchev–Trinajstić information content (AvgIpc) is 2.86. The quantitative estimate of drug-likeness (QED) is 0.204. The van der Waals surface area contributed by atoms with Crippen molar-refractivity contribution in [2.75, 3.05) is 13.3 Å². The topological polar surface area (TPSA) is 69.4 Å². The molecular formula is C28H41NO3S. The Labute approximate surface area is 204 Å². The van der Waals surface area contributed by atoms with Gasteiger partial charge in [-0.3, -0.25) is 4.79 Å². The van der Waals surface area contributed by atoms with E-state index in [1.165, 1.54) is 57.4 Å². The highest BCUT2D eigenvalue weighted by molar-refractivity contribution is 7.98. The van der Waals surface area contributed by atoms with E-state index in [0.717, 1.165) is 23.3 Å². The van der Waals surface area contributed by atoms with Crippen molar-refractivity contribution in [1.29, 1.82) is 0 Å². The molecule has 2 aromatic rings. The molecule has 3 unspecified atom stereocenters. The zero-order valence-corrected chi connectivity index (χ0v) is 21.7. The molecule has 5 heteroatoms. The van der Waals surface area contributed by atoms with Crippen molar-refractivity contribution in [1.82, 2.24) is 0 Å². The van der Waals surface area contributed by atoms with Crippen LogP contribution in [0.15, 0.2) is 53.4 Å². The summed E-state index contributed by atoms with van der Waals surface area (Å²) in [6.45, 7) is 5.73. The second-order valence-corrected chi connectivity index (χ2v) is 9.22. The molecule has 3 atom stereocenters. The van der Waals surface area contributed by atoms with Crippen LogP contribution < -0.4 is 10.5 Å². The lowest BCUT2D eigenvalue weighted by molar-refractivity contribution is -0.131. The van der Waals surface area contributed by atoms with E-state index in [9.17, 15) is 9.59 Å². The van der Waals surface area contributed by atoms with Crippen molar-refractivity contribution in [2.24, 2.45) is 23.5 Å². The number of hydrogen-bond donors (Lipinski definition) is 1. The number of carbonyl (C=O) groups excluding carboxylic acids is 2.